The molecule has 27 heavy (non-hydrogen) atoms. The highest BCUT2D eigenvalue weighted by Crippen LogP contribution is 2.35. The molecule has 1 atom stereocenters. The van der Waals surface area contributed by atoms with Crippen molar-refractivity contribution < 1.29 is 19.1 Å². The average Bonchev–Trinajstić information content (AvgIpc) is 2.99. The second-order valence-electron chi connectivity index (χ2n) is 7.36. The van der Waals surface area contributed by atoms with Crippen LogP contribution < -0.4 is 20.5 Å². The molecule has 2 aliphatic rings. The molecule has 1 aromatic carbocycles. The molecular weight excluding hydrogens is 346 g/mol. The third kappa shape index (κ3) is 4.91. The third-order valence-corrected chi connectivity index (χ3v) is 5.21. The van der Waals surface area contributed by atoms with E-state index in [9.17, 15) is 9.59 Å². The van der Waals surface area contributed by atoms with E-state index in [0.29, 0.717) is 19.7 Å². The summed E-state index contributed by atoms with van der Waals surface area (Å²) in [5, 5.41) is 2.97. The quantitative estimate of drug-likeness (QED) is 0.747. The molecule has 0 radical (unpaired) electrons. The Bertz CT molecular complexity index is 699. The minimum Gasteiger partial charge on any atom is -0.494 e. The molecule has 0 aliphatic carbocycles. The Labute approximate surface area is 160 Å². The van der Waals surface area contributed by atoms with Crippen LogP contribution in [0.1, 0.15) is 37.8 Å². The standard InChI is InChI=1S/C20H29N3O4/c1-3-26-17-9-15-8-13(2)27-18(15)10-16(17)11-22-19(24)12-23-6-4-14(5-7-23)20(21)25/h9-10,13-14H,3-8,11-12H2,1-2H3,(H2,21,25)(H,22,24)/t13-/m1/s1. The van der Waals surface area contributed by atoms with Crippen molar-refractivity contribution in [2.45, 2.75) is 45.8 Å². The maximum Gasteiger partial charge on any atom is 0.234 e. The van der Waals surface area contributed by atoms with Crippen molar-refractivity contribution in [1.82, 2.24) is 10.2 Å². The fourth-order valence-corrected chi connectivity index (χ4v) is 3.74. The monoisotopic (exact) mass is 375 g/mol. The molecule has 1 saturated heterocycles. The van der Waals surface area contributed by atoms with E-state index in [2.05, 4.69) is 10.2 Å². The van der Waals surface area contributed by atoms with Gasteiger partial charge in [0.05, 0.1) is 13.2 Å². The average molecular weight is 375 g/mol. The molecular formula is C20H29N3O4. The molecule has 3 N–H and O–H groups in total. The normalized spacial score (nSPS) is 20.0. The maximum absolute atomic E-state index is 12.3. The highest BCUT2D eigenvalue weighted by molar-refractivity contribution is 5.78. The lowest BCUT2D eigenvalue weighted by atomic mass is 9.96. The molecule has 0 aromatic heterocycles. The second kappa shape index (κ2) is 8.61. The molecule has 2 amide bonds. The van der Waals surface area contributed by atoms with Crippen LogP contribution in [0.15, 0.2) is 12.1 Å². The molecule has 148 valence electrons. The number of carbonyl (C=O) groups is 2. The number of likely N-dealkylation sites (tertiary alicyclic amines) is 1. The number of amides is 2. The number of benzene rings is 1. The van der Waals surface area contributed by atoms with E-state index in [0.717, 1.165) is 55.0 Å². The van der Waals surface area contributed by atoms with Crippen LogP contribution in [0.4, 0.5) is 0 Å². The Morgan fingerprint density at radius 3 is 2.74 bits per heavy atom. The first kappa shape index (κ1) is 19.5. The molecule has 0 saturated carbocycles. The number of hydrogen-bond acceptors (Lipinski definition) is 5. The summed E-state index contributed by atoms with van der Waals surface area (Å²) in [6.07, 6.45) is 2.49. The first-order chi connectivity index (χ1) is 13.0. The number of ether oxygens (including phenoxy) is 2. The first-order valence-electron chi connectivity index (χ1n) is 9.70. The van der Waals surface area contributed by atoms with E-state index in [1.807, 2.05) is 26.0 Å². The Kier molecular flexibility index (Phi) is 6.21. The van der Waals surface area contributed by atoms with E-state index in [4.69, 9.17) is 15.2 Å². The van der Waals surface area contributed by atoms with Gasteiger partial charge < -0.3 is 20.5 Å². The number of hydrogen-bond donors (Lipinski definition) is 2. The van der Waals surface area contributed by atoms with Crippen LogP contribution in [0.5, 0.6) is 11.5 Å². The van der Waals surface area contributed by atoms with Gasteiger partial charge in [-0.15, -0.1) is 0 Å². The summed E-state index contributed by atoms with van der Waals surface area (Å²) in [5.41, 5.74) is 7.43. The molecule has 0 spiro atoms. The lowest BCUT2D eigenvalue weighted by molar-refractivity contribution is -0.124. The second-order valence-corrected chi connectivity index (χ2v) is 7.36. The van der Waals surface area contributed by atoms with E-state index in [1.165, 1.54) is 0 Å². The summed E-state index contributed by atoms with van der Waals surface area (Å²) in [7, 11) is 0. The number of nitrogens with two attached hydrogens (primary N) is 1. The van der Waals surface area contributed by atoms with Crippen LogP contribution in [-0.2, 0) is 22.6 Å². The van der Waals surface area contributed by atoms with Gasteiger partial charge in [-0.05, 0) is 51.9 Å². The first-order valence-corrected chi connectivity index (χ1v) is 9.70. The molecule has 1 fully saturated rings. The molecule has 2 heterocycles. The maximum atomic E-state index is 12.3. The molecule has 0 unspecified atom stereocenters. The predicted molar refractivity (Wildman–Crippen MR) is 102 cm³/mol. The van der Waals surface area contributed by atoms with Gasteiger partial charge in [-0.1, -0.05) is 0 Å². The summed E-state index contributed by atoms with van der Waals surface area (Å²) in [5.74, 6) is 1.34. The van der Waals surface area contributed by atoms with Crippen LogP contribution >= 0.6 is 0 Å². The zero-order valence-corrected chi connectivity index (χ0v) is 16.1. The van der Waals surface area contributed by atoms with Crippen LogP contribution in [-0.4, -0.2) is 49.1 Å². The van der Waals surface area contributed by atoms with Gasteiger partial charge in [-0.3, -0.25) is 14.5 Å². The van der Waals surface area contributed by atoms with Crippen LogP contribution in [0.2, 0.25) is 0 Å². The number of carbonyl (C=O) groups excluding carboxylic acids is 2. The van der Waals surface area contributed by atoms with Gasteiger partial charge >= 0.3 is 0 Å². The fraction of sp³-hybridized carbons (Fsp3) is 0.600. The lowest BCUT2D eigenvalue weighted by Crippen LogP contribution is -2.43. The molecule has 1 aromatic rings. The van der Waals surface area contributed by atoms with E-state index in [-0.39, 0.29) is 23.8 Å². The van der Waals surface area contributed by atoms with Crippen molar-refractivity contribution in [2.75, 3.05) is 26.2 Å². The van der Waals surface area contributed by atoms with Gasteiger partial charge in [0.2, 0.25) is 11.8 Å². The fourth-order valence-electron chi connectivity index (χ4n) is 3.74. The van der Waals surface area contributed by atoms with Gasteiger partial charge in [-0.2, -0.15) is 0 Å². The number of rotatable bonds is 7. The highest BCUT2D eigenvalue weighted by atomic mass is 16.5. The van der Waals surface area contributed by atoms with Crippen molar-refractivity contribution in [3.63, 3.8) is 0 Å². The van der Waals surface area contributed by atoms with Crippen LogP contribution in [0.3, 0.4) is 0 Å². The van der Waals surface area contributed by atoms with E-state index in [1.54, 1.807) is 0 Å². The largest absolute Gasteiger partial charge is 0.494 e. The number of piperidine rings is 1. The van der Waals surface area contributed by atoms with E-state index < -0.39 is 0 Å². The summed E-state index contributed by atoms with van der Waals surface area (Å²) >= 11 is 0. The van der Waals surface area contributed by atoms with Crippen molar-refractivity contribution in [3.8, 4) is 11.5 Å². The van der Waals surface area contributed by atoms with Crippen molar-refractivity contribution in [1.29, 1.82) is 0 Å². The van der Waals surface area contributed by atoms with Gasteiger partial charge in [0.25, 0.3) is 0 Å². The Hall–Kier alpha value is -2.28. The molecule has 7 heteroatoms. The number of nitrogens with zero attached hydrogens (tertiary/aromatic N) is 1. The van der Waals surface area contributed by atoms with Gasteiger partial charge in [0.1, 0.15) is 17.6 Å². The summed E-state index contributed by atoms with van der Waals surface area (Å²) in [4.78, 5) is 25.6. The van der Waals surface area contributed by atoms with E-state index >= 15 is 0 Å². The summed E-state index contributed by atoms with van der Waals surface area (Å²) < 4.78 is 11.6. The summed E-state index contributed by atoms with van der Waals surface area (Å²) in [6, 6.07) is 4.00. The van der Waals surface area contributed by atoms with Crippen LogP contribution in [0, 0.1) is 5.92 Å². The number of fused-ring (bicyclic) bond motifs is 1. The van der Waals surface area contributed by atoms with Crippen LogP contribution in [0.25, 0.3) is 0 Å². The minimum absolute atomic E-state index is 0.0373. The highest BCUT2D eigenvalue weighted by Gasteiger charge is 2.25. The topological polar surface area (TPSA) is 93.9 Å². The summed E-state index contributed by atoms with van der Waals surface area (Å²) in [6.45, 7) is 6.73. The molecule has 7 nitrogen and oxygen atoms in total. The third-order valence-electron chi connectivity index (χ3n) is 5.21. The zero-order valence-electron chi connectivity index (χ0n) is 16.1. The Morgan fingerprint density at radius 1 is 1.33 bits per heavy atom. The zero-order chi connectivity index (χ0) is 19.4. The SMILES string of the molecule is CCOc1cc2c(cc1CNC(=O)CN1CCC(C(N)=O)CC1)O[C@H](C)C2. The number of nitrogens with one attached hydrogen (secondary N) is 1. The Balaban J connectivity index is 1.54. The number of primary amides is 1. The van der Waals surface area contributed by atoms with Gasteiger partial charge in [-0.25, -0.2) is 0 Å². The van der Waals surface area contributed by atoms with Gasteiger partial charge in [0.15, 0.2) is 0 Å². The van der Waals surface area contributed by atoms with Crippen molar-refractivity contribution in [2.24, 2.45) is 11.7 Å². The molecule has 0 bridgehead atoms. The Morgan fingerprint density at radius 2 is 2.07 bits per heavy atom. The van der Waals surface area contributed by atoms with Crippen molar-refractivity contribution in [3.05, 3.63) is 23.3 Å². The predicted octanol–water partition coefficient (Wildman–Crippen LogP) is 1.22. The molecule has 3 rings (SSSR count). The lowest BCUT2D eigenvalue weighted by Gasteiger charge is -2.29. The van der Waals surface area contributed by atoms with Gasteiger partial charge in [0, 0.05) is 30.0 Å². The van der Waals surface area contributed by atoms with Crippen molar-refractivity contribution >= 4 is 11.8 Å². The minimum atomic E-state index is -0.240. The molecule has 2 aliphatic heterocycles. The smallest absolute Gasteiger partial charge is 0.234 e.